The minimum atomic E-state index is -0.299. The second-order valence-electron chi connectivity index (χ2n) is 30.7. The van der Waals surface area contributed by atoms with Gasteiger partial charge in [-0.1, -0.05) is 232 Å². The molecule has 442 valence electrons. The van der Waals surface area contributed by atoms with Gasteiger partial charge in [-0.25, -0.2) is 0 Å². The first-order chi connectivity index (χ1) is 41.3. The highest BCUT2D eigenvalue weighted by Crippen LogP contribution is 2.57. The molecule has 0 radical (unpaired) electrons. The van der Waals surface area contributed by atoms with Gasteiger partial charge >= 0.3 is 0 Å². The van der Waals surface area contributed by atoms with E-state index in [2.05, 4.69) is 318 Å². The fourth-order valence-corrected chi connectivity index (χ4v) is 15.4. The fourth-order valence-electron chi connectivity index (χ4n) is 15.4. The number of hydrogen-bond acceptors (Lipinski definition) is 4. The maximum absolute atomic E-state index is 2.74. The highest BCUT2D eigenvalue weighted by molar-refractivity contribution is 7.00. The van der Waals surface area contributed by atoms with Crippen molar-refractivity contribution >= 4 is 85.7 Å². The van der Waals surface area contributed by atoms with Gasteiger partial charge in [-0.3, -0.25) is 0 Å². The summed E-state index contributed by atoms with van der Waals surface area (Å²) in [7, 11) is 0. The van der Waals surface area contributed by atoms with Gasteiger partial charge in [0, 0.05) is 63.1 Å². The summed E-state index contributed by atoms with van der Waals surface area (Å²) in [4.78, 5) is 10.5. The van der Waals surface area contributed by atoms with E-state index in [0.717, 1.165) is 40.7 Å². The smallest absolute Gasteiger partial charge is 0.252 e. The van der Waals surface area contributed by atoms with Crippen molar-refractivity contribution in [2.24, 2.45) is 0 Å². The summed E-state index contributed by atoms with van der Waals surface area (Å²) in [6, 6.07) is 73.9. The lowest BCUT2D eigenvalue weighted by atomic mass is 9.33. The molecule has 0 saturated heterocycles. The van der Waals surface area contributed by atoms with Gasteiger partial charge in [-0.2, -0.15) is 0 Å². The van der Waals surface area contributed by atoms with Crippen LogP contribution in [0, 0.1) is 0 Å². The third kappa shape index (κ3) is 9.91. The van der Waals surface area contributed by atoms with E-state index in [1.807, 2.05) is 0 Å². The summed E-state index contributed by atoms with van der Waals surface area (Å²) in [6.07, 6.45) is 6.21. The minimum absolute atomic E-state index is 0.00186. The monoisotopic (exact) mass is 1140 g/mol. The second-order valence-corrected chi connectivity index (χ2v) is 30.7. The Morgan fingerprint density at radius 3 is 1.34 bits per heavy atom. The van der Waals surface area contributed by atoms with Crippen molar-refractivity contribution in [3.63, 3.8) is 0 Å². The van der Waals surface area contributed by atoms with E-state index in [4.69, 9.17) is 0 Å². The van der Waals surface area contributed by atoms with E-state index in [-0.39, 0.29) is 39.2 Å². The molecule has 2 heterocycles. The SMILES string of the molecule is CCN1c2cc(N(c3ccc(C(C)(C)C)cc3)c3ccc(C(C)(C)C)cc3)cc3c2B(c2ccc(N(c4ccc(C(C)(C)C)cc4)c4ccc(C(C)(C)C)cc4)cc2N3c2cccc3c2C(C)(C)c2ccccc2-3)c2cccc(C3(C)CCCCC3)c21. The Kier molecular flexibility index (Phi) is 14.0. The molecule has 0 atom stereocenters. The van der Waals surface area contributed by atoms with Crippen molar-refractivity contribution in [2.45, 2.75) is 175 Å². The molecule has 13 rings (SSSR count). The van der Waals surface area contributed by atoms with Crippen LogP contribution in [-0.2, 0) is 32.5 Å². The molecule has 5 heteroatoms. The molecule has 0 unspecified atom stereocenters. The van der Waals surface area contributed by atoms with E-state index in [0.29, 0.717) is 0 Å². The third-order valence-electron chi connectivity index (χ3n) is 20.4. The molecule has 1 saturated carbocycles. The lowest BCUT2D eigenvalue weighted by molar-refractivity contribution is 0.320. The highest BCUT2D eigenvalue weighted by Gasteiger charge is 2.48. The number of fused-ring (bicyclic) bond motifs is 7. The van der Waals surface area contributed by atoms with E-state index < -0.39 is 0 Å². The molecular weight excluding hydrogens is 1050 g/mol. The highest BCUT2D eigenvalue weighted by atomic mass is 15.2. The maximum atomic E-state index is 2.74. The summed E-state index contributed by atoms with van der Waals surface area (Å²) in [5, 5.41) is 0. The third-order valence-corrected chi connectivity index (χ3v) is 20.4. The second kappa shape index (κ2) is 21.0. The summed E-state index contributed by atoms with van der Waals surface area (Å²) >= 11 is 0. The zero-order chi connectivity index (χ0) is 61.3. The predicted molar refractivity (Wildman–Crippen MR) is 377 cm³/mol. The van der Waals surface area contributed by atoms with E-state index >= 15 is 0 Å². The molecule has 0 bridgehead atoms. The Balaban J connectivity index is 1.15. The van der Waals surface area contributed by atoms with Gasteiger partial charge in [0.1, 0.15) is 0 Å². The lowest BCUT2D eigenvalue weighted by Crippen LogP contribution is -2.62. The molecular formula is C82H91BN4. The molecule has 4 aliphatic rings. The molecule has 0 spiro atoms. The topological polar surface area (TPSA) is 13.0 Å². The van der Waals surface area contributed by atoms with Crippen LogP contribution in [0.25, 0.3) is 11.1 Å². The average Bonchev–Trinajstić information content (AvgIpc) is 1.44. The fraction of sp³-hybridized carbons (Fsp3) is 0.341. The number of para-hydroxylation sites is 1. The van der Waals surface area contributed by atoms with Crippen LogP contribution in [0.15, 0.2) is 188 Å². The first-order valence-corrected chi connectivity index (χ1v) is 32.5. The molecule has 1 fully saturated rings. The normalized spacial score (nSPS) is 15.7. The first-order valence-electron chi connectivity index (χ1n) is 32.5. The van der Waals surface area contributed by atoms with Crippen molar-refractivity contribution in [2.75, 3.05) is 26.1 Å². The molecule has 2 aliphatic heterocycles. The lowest BCUT2D eigenvalue weighted by Gasteiger charge is -2.48. The standard InChI is InChI=1S/C82H91BN4/c1-17-84-72-52-63(86(60-43-35-56(36-44-60)79(8,9)10)61-45-37-57(38-46-61)80(11,12)13)53-73-75(72)83(69-29-24-28-67(76(69)84)82(16)49-21-18-22-50-82)68-48-47-62(51-71(68)87(73)70-30-23-26-65-64-25-19-20-27-66(64)81(14,15)74(65)70)85(58-39-31-54(32-40-58)77(2,3)4)59-41-33-55(34-42-59)78(5,6)7/h19-20,23-48,51-53H,17-18,21-22,49-50H2,1-16H3. The summed E-state index contributed by atoms with van der Waals surface area (Å²) in [5.41, 5.74) is 29.1. The first kappa shape index (κ1) is 58.3. The van der Waals surface area contributed by atoms with Crippen LogP contribution in [0.1, 0.15) is 182 Å². The van der Waals surface area contributed by atoms with E-state index in [1.54, 1.807) is 0 Å². The number of nitrogens with zero attached hydrogens (tertiary/aromatic N) is 4. The number of benzene rings is 9. The van der Waals surface area contributed by atoms with Crippen LogP contribution in [0.2, 0.25) is 0 Å². The molecule has 0 amide bonds. The Morgan fingerprint density at radius 1 is 0.402 bits per heavy atom. The van der Waals surface area contributed by atoms with E-state index in [9.17, 15) is 0 Å². The maximum Gasteiger partial charge on any atom is 0.252 e. The molecule has 9 aromatic rings. The zero-order valence-electron chi connectivity index (χ0n) is 55.0. The molecule has 2 aliphatic carbocycles. The van der Waals surface area contributed by atoms with Gasteiger partial charge in [0.25, 0.3) is 6.71 Å². The molecule has 0 aromatic heterocycles. The number of anilines is 11. The van der Waals surface area contributed by atoms with Gasteiger partial charge in [-0.15, -0.1) is 0 Å². The van der Waals surface area contributed by atoms with Crippen molar-refractivity contribution < 1.29 is 0 Å². The van der Waals surface area contributed by atoms with Crippen molar-refractivity contribution in [3.05, 3.63) is 227 Å². The van der Waals surface area contributed by atoms with Crippen molar-refractivity contribution in [1.29, 1.82) is 0 Å². The van der Waals surface area contributed by atoms with Crippen LogP contribution in [0.3, 0.4) is 0 Å². The molecule has 87 heavy (non-hydrogen) atoms. The molecule has 9 aromatic carbocycles. The van der Waals surface area contributed by atoms with Crippen LogP contribution in [0.5, 0.6) is 0 Å². The van der Waals surface area contributed by atoms with Crippen LogP contribution >= 0.6 is 0 Å². The largest absolute Gasteiger partial charge is 0.342 e. The average molecular weight is 1140 g/mol. The van der Waals surface area contributed by atoms with Crippen LogP contribution < -0.4 is 36.0 Å². The summed E-state index contributed by atoms with van der Waals surface area (Å²) < 4.78 is 0. The number of rotatable bonds is 9. The Morgan fingerprint density at radius 2 is 0.839 bits per heavy atom. The van der Waals surface area contributed by atoms with Gasteiger partial charge < -0.3 is 19.6 Å². The van der Waals surface area contributed by atoms with Crippen LogP contribution in [-0.4, -0.2) is 13.3 Å². The quantitative estimate of drug-likeness (QED) is 0.134. The van der Waals surface area contributed by atoms with Gasteiger partial charge in [-0.05, 0) is 192 Å². The number of hydrogen-bond donors (Lipinski definition) is 0. The van der Waals surface area contributed by atoms with Crippen molar-refractivity contribution in [1.82, 2.24) is 0 Å². The zero-order valence-corrected chi connectivity index (χ0v) is 55.0. The van der Waals surface area contributed by atoms with Gasteiger partial charge in [0.05, 0.1) is 11.4 Å². The molecule has 0 N–H and O–H groups in total. The predicted octanol–water partition coefficient (Wildman–Crippen LogP) is 21.1. The Bertz CT molecular complexity index is 3960. The summed E-state index contributed by atoms with van der Waals surface area (Å²) in [5.74, 6) is 0. The molecule has 4 nitrogen and oxygen atoms in total. The summed E-state index contributed by atoms with van der Waals surface area (Å²) in [6.45, 7) is 38.4. The Labute approximate surface area is 522 Å². The minimum Gasteiger partial charge on any atom is -0.342 e. The van der Waals surface area contributed by atoms with Gasteiger partial charge in [0.2, 0.25) is 0 Å². The van der Waals surface area contributed by atoms with Crippen LogP contribution in [0.4, 0.5) is 62.6 Å². The van der Waals surface area contributed by atoms with E-state index in [1.165, 1.54) is 127 Å². The Hall–Kier alpha value is -7.76. The van der Waals surface area contributed by atoms with Gasteiger partial charge in [0.15, 0.2) is 0 Å². The van der Waals surface area contributed by atoms with Crippen molar-refractivity contribution in [3.8, 4) is 11.1 Å².